The van der Waals surface area contributed by atoms with Gasteiger partial charge in [-0.2, -0.15) is 0 Å². The molecule has 0 atom stereocenters. The molecule has 0 aliphatic rings. The lowest BCUT2D eigenvalue weighted by Gasteiger charge is -2.13. The smallest absolute Gasteiger partial charge is 0.336 e. The van der Waals surface area contributed by atoms with Crippen LogP contribution < -0.4 is 10.4 Å². The Bertz CT molecular complexity index is 1650. The molecular weight excluding hydrogens is 490 g/mol. The Morgan fingerprint density at radius 2 is 1.86 bits per heavy atom. The van der Waals surface area contributed by atoms with Crippen LogP contribution in [0.25, 0.3) is 17.0 Å². The summed E-state index contributed by atoms with van der Waals surface area (Å²) in [5.74, 6) is -0.0697. The zero-order chi connectivity index (χ0) is 25.8. The maximum absolute atomic E-state index is 13.4. The minimum atomic E-state index is -0.539. The van der Waals surface area contributed by atoms with Crippen molar-refractivity contribution in [3.63, 3.8) is 0 Å². The molecule has 2 heterocycles. The van der Waals surface area contributed by atoms with Crippen LogP contribution in [0.3, 0.4) is 0 Å². The summed E-state index contributed by atoms with van der Waals surface area (Å²) in [6.45, 7) is 2.44. The predicted molar refractivity (Wildman–Crippen MR) is 142 cm³/mol. The van der Waals surface area contributed by atoms with Gasteiger partial charge in [0.15, 0.2) is 11.4 Å². The molecule has 0 amide bonds. The van der Waals surface area contributed by atoms with Crippen LogP contribution in [0.4, 0.5) is 0 Å². The second-order valence-electron chi connectivity index (χ2n) is 8.47. The minimum Gasteiger partial charge on any atom is -0.486 e. The van der Waals surface area contributed by atoms with E-state index in [-0.39, 0.29) is 23.5 Å². The number of halogens is 1. The Labute approximate surface area is 217 Å². The van der Waals surface area contributed by atoms with Gasteiger partial charge in [0, 0.05) is 16.5 Å². The molecule has 2 aromatic heterocycles. The monoisotopic (exact) mass is 511 g/mol. The number of fused-ring (bicyclic) bond motifs is 1. The molecule has 5 aromatic rings. The minimum absolute atomic E-state index is 0.114. The third-order valence-corrected chi connectivity index (χ3v) is 6.13. The molecule has 0 aliphatic heterocycles. The highest BCUT2D eigenvalue weighted by Crippen LogP contribution is 2.31. The first-order valence-electron chi connectivity index (χ1n) is 11.6. The van der Waals surface area contributed by atoms with Crippen molar-refractivity contribution in [1.29, 1.82) is 0 Å². The first-order valence-corrected chi connectivity index (χ1v) is 12.0. The average Bonchev–Trinajstić information content (AvgIpc) is 3.33. The zero-order valence-electron chi connectivity index (χ0n) is 19.9. The molecule has 0 unspecified atom stereocenters. The lowest BCUT2D eigenvalue weighted by molar-refractivity contribution is 0.104. The molecule has 0 fully saturated rings. The summed E-state index contributed by atoms with van der Waals surface area (Å²) in [5, 5.41) is 9.44. The molecule has 0 radical (unpaired) electrons. The van der Waals surface area contributed by atoms with Gasteiger partial charge in [-0.05, 0) is 54.0 Å². The van der Waals surface area contributed by atoms with Crippen LogP contribution in [0.5, 0.6) is 5.75 Å². The first-order chi connectivity index (χ1) is 18.0. The van der Waals surface area contributed by atoms with Gasteiger partial charge in [-0.15, -0.1) is 5.10 Å². The van der Waals surface area contributed by atoms with E-state index in [4.69, 9.17) is 20.8 Å². The third-order valence-electron chi connectivity index (χ3n) is 5.87. The number of carbonyl (C=O) groups is 1. The van der Waals surface area contributed by atoms with E-state index in [2.05, 4.69) is 10.3 Å². The number of benzene rings is 3. The lowest BCUT2D eigenvalue weighted by Crippen LogP contribution is -2.11. The number of hydrogen-bond donors (Lipinski definition) is 0. The summed E-state index contributed by atoms with van der Waals surface area (Å²) in [6.07, 6.45) is 4.72. The summed E-state index contributed by atoms with van der Waals surface area (Å²) in [6, 6.07) is 21.9. The number of rotatable bonds is 8. The van der Waals surface area contributed by atoms with E-state index in [1.807, 2.05) is 30.3 Å². The van der Waals surface area contributed by atoms with Gasteiger partial charge < -0.3 is 9.15 Å². The van der Waals surface area contributed by atoms with Gasteiger partial charge in [-0.25, -0.2) is 9.48 Å². The summed E-state index contributed by atoms with van der Waals surface area (Å²) in [5.41, 5.74) is 3.12. The Kier molecular flexibility index (Phi) is 6.96. The quantitative estimate of drug-likeness (QED) is 0.147. The highest BCUT2D eigenvalue weighted by atomic mass is 35.5. The van der Waals surface area contributed by atoms with Crippen molar-refractivity contribution in [2.75, 3.05) is 0 Å². The predicted octanol–water partition coefficient (Wildman–Crippen LogP) is 5.87. The third kappa shape index (κ3) is 5.52. The van der Waals surface area contributed by atoms with Crippen LogP contribution in [-0.4, -0.2) is 20.8 Å². The lowest BCUT2D eigenvalue weighted by atomic mass is 10.0. The van der Waals surface area contributed by atoms with E-state index >= 15 is 0 Å². The standard InChI is InChI=1S/C29H22ClN3O4/c1-19-15-27(35)37-29-24(19)12-14-26(28(29)25(34)13-9-20-7-10-22(30)11-8-20)36-18-23-16-31-32-33(23)17-21-5-3-2-4-6-21/h2-16H,17-18H2,1H3/b13-9+. The first kappa shape index (κ1) is 24.2. The SMILES string of the molecule is Cc1cc(=O)oc2c(C(=O)/C=C/c3ccc(Cl)cc3)c(OCc3cnnn3Cc3ccccc3)ccc12. The van der Waals surface area contributed by atoms with Crippen LogP contribution in [0.1, 0.15) is 32.7 Å². The zero-order valence-corrected chi connectivity index (χ0v) is 20.7. The molecule has 0 saturated carbocycles. The normalized spacial score (nSPS) is 11.3. The van der Waals surface area contributed by atoms with Crippen molar-refractivity contribution >= 4 is 34.4 Å². The summed E-state index contributed by atoms with van der Waals surface area (Å²) in [7, 11) is 0. The highest BCUT2D eigenvalue weighted by molar-refractivity contribution is 6.30. The highest BCUT2D eigenvalue weighted by Gasteiger charge is 2.19. The molecular formula is C29H22ClN3O4. The molecule has 0 spiro atoms. The molecule has 0 saturated heterocycles. The molecule has 0 bridgehead atoms. The number of ether oxygens (including phenoxy) is 1. The van der Waals surface area contributed by atoms with Gasteiger partial charge in [0.1, 0.15) is 17.9 Å². The number of allylic oxidation sites excluding steroid dienone is 1. The largest absolute Gasteiger partial charge is 0.486 e. The fraction of sp³-hybridized carbons (Fsp3) is 0.103. The maximum atomic E-state index is 13.4. The second kappa shape index (κ2) is 10.6. The van der Waals surface area contributed by atoms with Gasteiger partial charge in [-0.3, -0.25) is 4.79 Å². The van der Waals surface area contributed by atoms with Crippen LogP contribution in [0.2, 0.25) is 5.02 Å². The average molecular weight is 512 g/mol. The molecule has 184 valence electrons. The fourth-order valence-electron chi connectivity index (χ4n) is 3.98. The summed E-state index contributed by atoms with van der Waals surface area (Å²) < 4.78 is 13.3. The van der Waals surface area contributed by atoms with E-state index in [9.17, 15) is 9.59 Å². The Morgan fingerprint density at radius 1 is 1.08 bits per heavy atom. The molecule has 7 nitrogen and oxygen atoms in total. The molecule has 8 heteroatoms. The van der Waals surface area contributed by atoms with Crippen molar-refractivity contribution in [3.8, 4) is 5.75 Å². The Balaban J connectivity index is 1.48. The molecule has 5 rings (SSSR count). The molecule has 0 N–H and O–H groups in total. The van der Waals surface area contributed by atoms with E-state index in [1.54, 1.807) is 60.3 Å². The summed E-state index contributed by atoms with van der Waals surface area (Å²) >= 11 is 5.96. The number of nitrogens with zero attached hydrogens (tertiary/aromatic N) is 3. The van der Waals surface area contributed by atoms with Crippen molar-refractivity contribution in [2.45, 2.75) is 20.1 Å². The van der Waals surface area contributed by atoms with E-state index in [1.165, 1.54) is 12.1 Å². The van der Waals surface area contributed by atoms with Gasteiger partial charge in [0.2, 0.25) is 0 Å². The number of aryl methyl sites for hydroxylation is 1. The van der Waals surface area contributed by atoms with Crippen LogP contribution in [0, 0.1) is 6.92 Å². The van der Waals surface area contributed by atoms with Gasteiger partial charge >= 0.3 is 5.63 Å². The van der Waals surface area contributed by atoms with Crippen LogP contribution >= 0.6 is 11.6 Å². The topological polar surface area (TPSA) is 87.2 Å². The van der Waals surface area contributed by atoms with Gasteiger partial charge in [-0.1, -0.05) is 65.4 Å². The number of aromatic nitrogens is 3. The van der Waals surface area contributed by atoms with Crippen molar-refractivity contribution in [3.05, 3.63) is 128 Å². The summed E-state index contributed by atoms with van der Waals surface area (Å²) in [4.78, 5) is 25.6. The van der Waals surface area contributed by atoms with Crippen molar-refractivity contribution < 1.29 is 13.9 Å². The van der Waals surface area contributed by atoms with Crippen LogP contribution in [-0.2, 0) is 13.2 Å². The molecule has 0 aliphatic carbocycles. The van der Waals surface area contributed by atoms with Gasteiger partial charge in [0.05, 0.1) is 18.4 Å². The number of hydrogen-bond acceptors (Lipinski definition) is 6. The van der Waals surface area contributed by atoms with E-state index in [0.29, 0.717) is 28.3 Å². The Hall–Kier alpha value is -4.49. The van der Waals surface area contributed by atoms with Crippen molar-refractivity contribution in [1.82, 2.24) is 15.0 Å². The number of ketones is 1. The maximum Gasteiger partial charge on any atom is 0.336 e. The second-order valence-corrected chi connectivity index (χ2v) is 8.91. The van der Waals surface area contributed by atoms with Crippen molar-refractivity contribution in [2.24, 2.45) is 0 Å². The van der Waals surface area contributed by atoms with Crippen LogP contribution in [0.15, 0.2) is 94.3 Å². The molecule has 37 heavy (non-hydrogen) atoms. The molecule has 3 aromatic carbocycles. The number of carbonyl (C=O) groups excluding carboxylic acids is 1. The van der Waals surface area contributed by atoms with Gasteiger partial charge in [0.25, 0.3) is 0 Å². The Morgan fingerprint density at radius 3 is 2.65 bits per heavy atom. The van der Waals surface area contributed by atoms with E-state index < -0.39 is 5.63 Å². The van der Waals surface area contributed by atoms with E-state index in [0.717, 1.165) is 16.8 Å². The fourth-order valence-corrected chi connectivity index (χ4v) is 4.11.